The summed E-state index contributed by atoms with van der Waals surface area (Å²) >= 11 is 0.156. The molecular formula is C28H26O2Se. The molecule has 0 aromatic heterocycles. The third-order valence-corrected chi connectivity index (χ3v) is 7.76. The molecule has 2 nitrogen and oxygen atoms in total. The van der Waals surface area contributed by atoms with Gasteiger partial charge < -0.3 is 0 Å². The number of fused-ring (bicyclic) bond motifs is 1. The Morgan fingerprint density at radius 1 is 1.00 bits per heavy atom. The second kappa shape index (κ2) is 8.70. The van der Waals surface area contributed by atoms with E-state index in [2.05, 4.69) is 81.4 Å². The van der Waals surface area contributed by atoms with Crippen molar-refractivity contribution in [3.63, 3.8) is 0 Å². The van der Waals surface area contributed by atoms with E-state index in [9.17, 15) is 4.79 Å². The van der Waals surface area contributed by atoms with Gasteiger partial charge in [0.05, 0.1) is 0 Å². The van der Waals surface area contributed by atoms with E-state index in [1.807, 2.05) is 12.1 Å². The molecule has 3 aromatic carbocycles. The molecule has 0 fully saturated rings. The van der Waals surface area contributed by atoms with E-state index >= 15 is 0 Å². The summed E-state index contributed by atoms with van der Waals surface area (Å²) in [5.74, 6) is -0.926. The van der Waals surface area contributed by atoms with E-state index < -0.39 is 5.97 Å². The van der Waals surface area contributed by atoms with Gasteiger partial charge in [0.1, 0.15) is 0 Å². The zero-order chi connectivity index (χ0) is 22.0. The summed E-state index contributed by atoms with van der Waals surface area (Å²) in [6, 6.07) is 23.9. The van der Waals surface area contributed by atoms with Gasteiger partial charge in [0.15, 0.2) is 0 Å². The Hall–Kier alpha value is -2.87. The molecule has 156 valence electrons. The number of benzene rings is 3. The van der Waals surface area contributed by atoms with Crippen LogP contribution in [0, 0.1) is 6.92 Å². The third kappa shape index (κ3) is 4.90. The number of aryl methyl sites for hydroxylation is 1. The fourth-order valence-corrected chi connectivity index (χ4v) is 5.89. The molecule has 0 saturated heterocycles. The molecule has 3 heteroatoms. The van der Waals surface area contributed by atoms with Crippen molar-refractivity contribution in [1.29, 1.82) is 0 Å². The molecule has 0 saturated carbocycles. The van der Waals surface area contributed by atoms with Gasteiger partial charge in [-0.1, -0.05) is 0 Å². The van der Waals surface area contributed by atoms with Crippen LogP contribution < -0.4 is 8.92 Å². The summed E-state index contributed by atoms with van der Waals surface area (Å²) in [5.41, 5.74) is 7.64. The number of carboxylic acids is 1. The number of allylic oxidation sites excluding steroid dienone is 1. The van der Waals surface area contributed by atoms with Crippen LogP contribution >= 0.6 is 0 Å². The maximum atomic E-state index is 10.8. The zero-order valence-corrected chi connectivity index (χ0v) is 19.8. The zero-order valence-electron chi connectivity index (χ0n) is 18.1. The van der Waals surface area contributed by atoms with Gasteiger partial charge in [-0.05, 0) is 0 Å². The number of carbonyl (C=O) groups is 1. The van der Waals surface area contributed by atoms with Crippen LogP contribution in [0.3, 0.4) is 0 Å². The molecule has 1 aliphatic carbocycles. The van der Waals surface area contributed by atoms with Gasteiger partial charge in [0.2, 0.25) is 0 Å². The third-order valence-electron chi connectivity index (χ3n) is 5.70. The molecule has 31 heavy (non-hydrogen) atoms. The number of hydrogen-bond acceptors (Lipinski definition) is 1. The van der Waals surface area contributed by atoms with Crippen molar-refractivity contribution in [1.82, 2.24) is 0 Å². The molecule has 0 amide bonds. The molecule has 1 aliphatic rings. The average Bonchev–Trinajstić information content (AvgIpc) is 2.74. The minimum absolute atomic E-state index is 0.0989. The summed E-state index contributed by atoms with van der Waals surface area (Å²) in [6.45, 7) is 6.77. The Kier molecular flexibility index (Phi) is 6.00. The number of aliphatic carboxylic acids is 1. The Morgan fingerprint density at radius 2 is 1.74 bits per heavy atom. The quantitative estimate of drug-likeness (QED) is 0.425. The second-order valence-corrected chi connectivity index (χ2v) is 11.0. The van der Waals surface area contributed by atoms with Crippen LogP contribution in [0.15, 0.2) is 78.9 Å². The Morgan fingerprint density at radius 3 is 2.48 bits per heavy atom. The molecule has 0 heterocycles. The molecule has 0 bridgehead atoms. The molecule has 1 N–H and O–H groups in total. The Balaban J connectivity index is 1.66. The van der Waals surface area contributed by atoms with Crippen molar-refractivity contribution in [3.05, 3.63) is 107 Å². The monoisotopic (exact) mass is 474 g/mol. The van der Waals surface area contributed by atoms with Gasteiger partial charge in [0.25, 0.3) is 0 Å². The summed E-state index contributed by atoms with van der Waals surface area (Å²) in [4.78, 5) is 10.8. The first-order chi connectivity index (χ1) is 14.8. The van der Waals surface area contributed by atoms with Gasteiger partial charge in [0, 0.05) is 0 Å². The Bertz CT molecular complexity index is 1180. The van der Waals surface area contributed by atoms with Crippen LogP contribution in [0.5, 0.6) is 0 Å². The van der Waals surface area contributed by atoms with Crippen molar-refractivity contribution >= 4 is 41.5 Å². The predicted octanol–water partition coefficient (Wildman–Crippen LogP) is 4.86. The average molecular weight is 473 g/mol. The van der Waals surface area contributed by atoms with Crippen LogP contribution in [0.25, 0.3) is 11.6 Å². The van der Waals surface area contributed by atoms with Crippen molar-refractivity contribution < 1.29 is 9.90 Å². The van der Waals surface area contributed by atoms with Gasteiger partial charge in [-0.2, -0.15) is 0 Å². The van der Waals surface area contributed by atoms with Crippen molar-refractivity contribution in [2.75, 3.05) is 0 Å². The summed E-state index contributed by atoms with van der Waals surface area (Å²) in [5, 5.41) is 8.87. The number of rotatable bonds is 5. The molecule has 0 atom stereocenters. The topological polar surface area (TPSA) is 37.3 Å². The fourth-order valence-electron chi connectivity index (χ4n) is 3.95. The van der Waals surface area contributed by atoms with E-state index in [0.717, 1.165) is 12.0 Å². The SMILES string of the molecule is Cc1ccc(C2=CCC(C)(C)c3cc([Se]c4cccc(/C=C\C(=O)O)c4)ccc32)cc1. The predicted molar refractivity (Wildman–Crippen MR) is 130 cm³/mol. The van der Waals surface area contributed by atoms with Crippen LogP contribution in [0.4, 0.5) is 0 Å². The van der Waals surface area contributed by atoms with Gasteiger partial charge >= 0.3 is 191 Å². The minimum atomic E-state index is -0.926. The van der Waals surface area contributed by atoms with Gasteiger partial charge in [-0.25, -0.2) is 0 Å². The molecule has 0 aliphatic heterocycles. The van der Waals surface area contributed by atoms with Crippen molar-refractivity contribution in [3.8, 4) is 0 Å². The molecule has 0 unspecified atom stereocenters. The first-order valence-corrected chi connectivity index (χ1v) is 12.1. The molecular weight excluding hydrogens is 447 g/mol. The molecule has 4 rings (SSSR count). The van der Waals surface area contributed by atoms with Crippen LogP contribution in [0.2, 0.25) is 0 Å². The van der Waals surface area contributed by atoms with Crippen LogP contribution in [-0.2, 0) is 10.2 Å². The standard InChI is InChI=1S/C28H26O2Se/c1-19-7-10-21(11-8-19)24-15-16-28(2,3)26-18-23(12-13-25(24)26)31-22-6-4-5-20(17-22)9-14-27(29)30/h4-15,17-18H,16H2,1-3H3,(H,29,30)/b14-9-. The van der Waals surface area contributed by atoms with Gasteiger partial charge in [-0.15, -0.1) is 0 Å². The molecule has 0 radical (unpaired) electrons. The summed E-state index contributed by atoms with van der Waals surface area (Å²) in [6.07, 6.45) is 6.24. The van der Waals surface area contributed by atoms with E-state index in [1.54, 1.807) is 6.08 Å². The normalized spacial score (nSPS) is 14.9. The summed E-state index contributed by atoms with van der Waals surface area (Å²) < 4.78 is 2.58. The van der Waals surface area contributed by atoms with Gasteiger partial charge in [-0.3, -0.25) is 0 Å². The Labute approximate surface area is 190 Å². The van der Waals surface area contributed by atoms with Crippen molar-refractivity contribution in [2.24, 2.45) is 0 Å². The van der Waals surface area contributed by atoms with E-state index in [1.165, 1.54) is 42.8 Å². The van der Waals surface area contributed by atoms with E-state index in [4.69, 9.17) is 5.11 Å². The first kappa shape index (κ1) is 21.4. The maximum absolute atomic E-state index is 10.8. The molecule has 0 spiro atoms. The first-order valence-electron chi connectivity index (χ1n) is 10.4. The summed E-state index contributed by atoms with van der Waals surface area (Å²) in [7, 11) is 0. The van der Waals surface area contributed by atoms with Crippen molar-refractivity contribution in [2.45, 2.75) is 32.6 Å². The van der Waals surface area contributed by atoms with E-state index in [-0.39, 0.29) is 20.4 Å². The van der Waals surface area contributed by atoms with Crippen LogP contribution in [-0.4, -0.2) is 26.0 Å². The fraction of sp³-hybridized carbons (Fsp3) is 0.179. The molecule has 3 aromatic rings. The second-order valence-electron chi connectivity index (χ2n) is 8.63. The number of carboxylic acid groups (broad SMARTS) is 1. The van der Waals surface area contributed by atoms with Crippen LogP contribution in [0.1, 0.15) is 48.1 Å². The van der Waals surface area contributed by atoms with E-state index in [0.29, 0.717) is 0 Å². The number of hydrogen-bond donors (Lipinski definition) is 1.